The second-order valence-electron chi connectivity index (χ2n) is 14.4. The van der Waals surface area contributed by atoms with E-state index in [0.717, 1.165) is 37.5 Å². The number of hydrogen-bond donors (Lipinski definition) is 4. The first-order chi connectivity index (χ1) is 22.7. The van der Waals surface area contributed by atoms with E-state index >= 15 is 0 Å². The minimum atomic E-state index is -3.74. The number of fused-ring (bicyclic) bond motifs is 1. The zero-order chi connectivity index (χ0) is 37.0. The van der Waals surface area contributed by atoms with Gasteiger partial charge in [-0.1, -0.05) is 27.4 Å². The van der Waals surface area contributed by atoms with Crippen molar-refractivity contribution in [3.63, 3.8) is 0 Å². The summed E-state index contributed by atoms with van der Waals surface area (Å²) in [6.07, 6.45) is 6.67. The molecule has 14 nitrogen and oxygen atoms in total. The van der Waals surface area contributed by atoms with E-state index < -0.39 is 21.6 Å². The lowest BCUT2D eigenvalue weighted by atomic mass is 10.1. The van der Waals surface area contributed by atoms with Crippen molar-refractivity contribution < 1.29 is 22.7 Å². The van der Waals surface area contributed by atoms with E-state index in [9.17, 15) is 18.0 Å². The number of aromatic nitrogens is 4. The van der Waals surface area contributed by atoms with Crippen LogP contribution in [0.4, 0.5) is 10.7 Å². The average Bonchev–Trinajstić information content (AvgIpc) is 3.39. The number of carbonyl (C=O) groups is 2. The summed E-state index contributed by atoms with van der Waals surface area (Å²) in [5, 5.41) is 13.1. The maximum absolute atomic E-state index is 12.7. The number of sulfonamides is 1. The Morgan fingerprint density at radius 1 is 1.08 bits per heavy atom. The van der Waals surface area contributed by atoms with E-state index in [1.165, 1.54) is 10.7 Å². The van der Waals surface area contributed by atoms with E-state index in [2.05, 4.69) is 72.7 Å². The first-order valence-electron chi connectivity index (χ1n) is 16.3. The molecule has 1 saturated heterocycles. The number of likely N-dealkylation sites (tertiary alicyclic amines) is 1. The highest BCUT2D eigenvalue weighted by atomic mass is 32.2. The number of anilines is 1. The predicted molar refractivity (Wildman–Crippen MR) is 194 cm³/mol. The lowest BCUT2D eigenvalue weighted by molar-refractivity contribution is -0.138. The summed E-state index contributed by atoms with van der Waals surface area (Å²) in [6.45, 7) is 24.0. The topological polar surface area (TPSA) is 172 Å². The number of nitrogens with zero attached hydrogens (tertiary/aromatic N) is 5. The van der Waals surface area contributed by atoms with Gasteiger partial charge in [0.15, 0.2) is 5.65 Å². The van der Waals surface area contributed by atoms with Crippen LogP contribution in [0.2, 0.25) is 0 Å². The number of amides is 2. The van der Waals surface area contributed by atoms with Crippen LogP contribution < -0.4 is 20.7 Å². The van der Waals surface area contributed by atoms with Crippen molar-refractivity contribution in [2.24, 2.45) is 5.92 Å². The molecule has 0 atom stereocenters. The van der Waals surface area contributed by atoms with Crippen molar-refractivity contribution in [1.82, 2.24) is 39.8 Å². The molecule has 0 saturated carbocycles. The van der Waals surface area contributed by atoms with Crippen LogP contribution in [0, 0.1) is 5.92 Å². The standard InChI is InChI=1S/C25H35N9O3S.C5H10O2.C4H10/c1-17(33-10-8-20(26-5)9-11-33)13-28-24(35)30-23-29-22-7-6-18(16-34(22)31-23)19-12-21(15-27-14-19)38(36,37)32-25(2,3)4;1-5(2,3)7-4-6;1-4(2)3/h6-7,12,14-16,20,26,32H,1,8-11,13H2,2-5H3,(H2,28,30,31,35);4H,1-3H3;4H,1-3H3. The molecular formula is C34H55N9O5S. The van der Waals surface area contributed by atoms with Gasteiger partial charge in [-0.05, 0) is 85.5 Å². The molecule has 1 fully saturated rings. The Balaban J connectivity index is 0.000000656. The first kappa shape index (κ1) is 41.1. The summed E-state index contributed by atoms with van der Waals surface area (Å²) in [7, 11) is -1.76. The van der Waals surface area contributed by atoms with Gasteiger partial charge in [0, 0.05) is 60.1 Å². The van der Waals surface area contributed by atoms with Gasteiger partial charge in [0.2, 0.25) is 10.0 Å². The Labute approximate surface area is 291 Å². The van der Waals surface area contributed by atoms with Gasteiger partial charge < -0.3 is 20.3 Å². The lowest BCUT2D eigenvalue weighted by Crippen LogP contribution is -2.43. The second kappa shape index (κ2) is 18.1. The van der Waals surface area contributed by atoms with E-state index in [0.29, 0.717) is 35.8 Å². The molecule has 4 N–H and O–H groups in total. The molecule has 0 aliphatic carbocycles. The van der Waals surface area contributed by atoms with Gasteiger partial charge in [-0.3, -0.25) is 15.1 Å². The first-order valence-corrected chi connectivity index (χ1v) is 17.8. The quantitative estimate of drug-likeness (QED) is 0.227. The van der Waals surface area contributed by atoms with Crippen LogP contribution in [0.15, 0.2) is 54.0 Å². The summed E-state index contributed by atoms with van der Waals surface area (Å²) in [5.74, 6) is 0.976. The van der Waals surface area contributed by atoms with Gasteiger partial charge in [0.05, 0.1) is 6.54 Å². The summed E-state index contributed by atoms with van der Waals surface area (Å²) < 4.78 is 34.1. The number of hydrogen-bond acceptors (Lipinski definition) is 10. The highest BCUT2D eigenvalue weighted by Crippen LogP contribution is 2.23. The van der Waals surface area contributed by atoms with Crippen molar-refractivity contribution in [2.45, 2.75) is 97.2 Å². The van der Waals surface area contributed by atoms with Crippen LogP contribution in [0.25, 0.3) is 16.8 Å². The normalized spacial score (nSPS) is 13.9. The van der Waals surface area contributed by atoms with Gasteiger partial charge in [-0.15, -0.1) is 5.10 Å². The largest absolute Gasteiger partial charge is 0.462 e. The average molecular weight is 702 g/mol. The predicted octanol–water partition coefficient (Wildman–Crippen LogP) is 4.81. The summed E-state index contributed by atoms with van der Waals surface area (Å²) in [4.78, 5) is 32.7. The van der Waals surface area contributed by atoms with Crippen LogP contribution in [0.5, 0.6) is 0 Å². The third-order valence-electron chi connectivity index (χ3n) is 6.56. The summed E-state index contributed by atoms with van der Waals surface area (Å²) in [6, 6.07) is 5.17. The number of rotatable bonds is 9. The van der Waals surface area contributed by atoms with Crippen LogP contribution in [-0.2, 0) is 19.6 Å². The number of pyridine rings is 2. The van der Waals surface area contributed by atoms with Gasteiger partial charge in [0.1, 0.15) is 10.5 Å². The number of carbonyl (C=O) groups excluding carboxylic acids is 2. The smallest absolute Gasteiger partial charge is 0.321 e. The Morgan fingerprint density at radius 3 is 2.24 bits per heavy atom. The molecule has 0 bridgehead atoms. The van der Waals surface area contributed by atoms with Crippen LogP contribution in [0.1, 0.15) is 75.2 Å². The molecular weight excluding hydrogens is 646 g/mol. The molecule has 0 unspecified atom stereocenters. The highest BCUT2D eigenvalue weighted by molar-refractivity contribution is 7.89. The number of nitrogens with one attached hydrogen (secondary N) is 4. The molecule has 3 aromatic heterocycles. The van der Waals surface area contributed by atoms with Crippen LogP contribution in [-0.4, -0.2) is 89.3 Å². The summed E-state index contributed by atoms with van der Waals surface area (Å²) >= 11 is 0. The fourth-order valence-corrected chi connectivity index (χ4v) is 5.77. The molecule has 2 amide bonds. The molecule has 0 aromatic carbocycles. The van der Waals surface area contributed by atoms with Crippen LogP contribution >= 0.6 is 0 Å². The molecule has 3 aromatic rings. The SMILES string of the molecule is C=C(CNC(=O)Nc1nc2ccc(-c3cncc(S(=O)(=O)NC(C)(C)C)c3)cn2n1)N1CCC(NC)CC1.CC(C)(C)OC=O.CC(C)C. The molecule has 0 spiro atoms. The van der Waals surface area contributed by atoms with Crippen molar-refractivity contribution >= 4 is 34.1 Å². The van der Waals surface area contributed by atoms with E-state index in [1.807, 2.05) is 27.8 Å². The Morgan fingerprint density at radius 2 is 1.71 bits per heavy atom. The lowest BCUT2D eigenvalue weighted by Gasteiger charge is -2.34. The number of urea groups is 1. The minimum absolute atomic E-state index is 0.0654. The number of ether oxygens (including phenoxy) is 1. The van der Waals surface area contributed by atoms with Gasteiger partial charge in [-0.2, -0.15) is 4.98 Å². The maximum Gasteiger partial charge on any atom is 0.321 e. The molecule has 49 heavy (non-hydrogen) atoms. The summed E-state index contributed by atoms with van der Waals surface area (Å²) in [5.41, 5.74) is 1.73. The Bertz CT molecular complexity index is 1630. The molecule has 272 valence electrons. The molecule has 4 heterocycles. The van der Waals surface area contributed by atoms with Crippen LogP contribution in [0.3, 0.4) is 0 Å². The Kier molecular flexibility index (Phi) is 15.2. The van der Waals surface area contributed by atoms with Crippen molar-refractivity contribution in [3.8, 4) is 11.1 Å². The van der Waals surface area contributed by atoms with E-state index in [1.54, 1.807) is 51.4 Å². The number of piperidine rings is 1. The fourth-order valence-electron chi connectivity index (χ4n) is 4.36. The van der Waals surface area contributed by atoms with Gasteiger partial charge >= 0.3 is 6.03 Å². The molecule has 4 rings (SSSR count). The zero-order valence-corrected chi connectivity index (χ0v) is 31.4. The monoisotopic (exact) mass is 701 g/mol. The third kappa shape index (κ3) is 14.9. The fraction of sp³-hybridized carbons (Fsp3) is 0.559. The van der Waals surface area contributed by atoms with Crippen molar-refractivity contribution in [1.29, 1.82) is 0 Å². The molecule has 1 aliphatic heterocycles. The minimum Gasteiger partial charge on any atom is -0.462 e. The van der Waals surface area contributed by atoms with Crippen molar-refractivity contribution in [3.05, 3.63) is 49.1 Å². The van der Waals surface area contributed by atoms with Gasteiger partial charge in [0.25, 0.3) is 12.4 Å². The van der Waals surface area contributed by atoms with E-state index in [-0.39, 0.29) is 16.4 Å². The van der Waals surface area contributed by atoms with Gasteiger partial charge in [-0.25, -0.2) is 22.4 Å². The Hall–Kier alpha value is -4.08. The maximum atomic E-state index is 12.7. The zero-order valence-electron chi connectivity index (χ0n) is 30.6. The second-order valence-corrected chi connectivity index (χ2v) is 16.1. The van der Waals surface area contributed by atoms with E-state index in [4.69, 9.17) is 0 Å². The highest BCUT2D eigenvalue weighted by Gasteiger charge is 2.23. The van der Waals surface area contributed by atoms with Crippen molar-refractivity contribution in [2.75, 3.05) is 32.0 Å². The molecule has 15 heteroatoms. The molecule has 1 aliphatic rings. The molecule has 0 radical (unpaired) electrons. The third-order valence-corrected chi connectivity index (χ3v) is 8.28.